The molecule has 0 radical (unpaired) electrons. The fourth-order valence-electron chi connectivity index (χ4n) is 0.750. The van der Waals surface area contributed by atoms with Gasteiger partial charge in [-0.15, -0.1) is 0 Å². The minimum atomic E-state index is -1.57. The molecule has 0 N–H and O–H groups in total. The largest absolute Gasteiger partial charge is 0.264 e. The van der Waals surface area contributed by atoms with E-state index in [1.54, 1.807) is 0 Å². The van der Waals surface area contributed by atoms with Crippen molar-refractivity contribution in [2.24, 2.45) is 0 Å². The summed E-state index contributed by atoms with van der Waals surface area (Å²) < 4.78 is -3.14. The van der Waals surface area contributed by atoms with Gasteiger partial charge in [0.15, 0.2) is 0 Å². The van der Waals surface area contributed by atoms with Gasteiger partial charge in [-0.1, -0.05) is 69.6 Å². The molecule has 0 aliphatic carbocycles. The molecule has 0 amide bonds. The summed E-state index contributed by atoms with van der Waals surface area (Å²) in [4.78, 5) is 3.81. The Kier molecular flexibility index (Phi) is 4.08. The van der Waals surface area contributed by atoms with Crippen LogP contribution >= 0.6 is 69.6 Å². The van der Waals surface area contributed by atoms with Gasteiger partial charge in [0.2, 0.25) is 7.59 Å². The van der Waals surface area contributed by atoms with Crippen molar-refractivity contribution in [3.8, 4) is 0 Å². The molecular weight excluding hydrogens is 311 g/mol. The second-order valence-corrected chi connectivity index (χ2v) is 7.02. The molecule has 14 heavy (non-hydrogen) atoms. The van der Waals surface area contributed by atoms with Crippen molar-refractivity contribution >= 4 is 69.6 Å². The summed E-state index contributed by atoms with van der Waals surface area (Å²) in [7, 11) is 0. The van der Waals surface area contributed by atoms with Gasteiger partial charge in [0, 0.05) is 23.5 Å². The third kappa shape index (κ3) is 3.48. The van der Waals surface area contributed by atoms with Gasteiger partial charge in [-0.05, 0) is 6.07 Å². The molecule has 1 aromatic rings. The first-order chi connectivity index (χ1) is 6.21. The minimum absolute atomic E-state index is 0.353. The van der Waals surface area contributed by atoms with Crippen molar-refractivity contribution in [3.05, 3.63) is 29.6 Å². The molecule has 1 rings (SSSR count). The molecule has 1 aromatic heterocycles. The second kappa shape index (κ2) is 4.40. The van der Waals surface area contributed by atoms with Crippen LogP contribution in [-0.4, -0.2) is 4.98 Å². The topological polar surface area (TPSA) is 12.9 Å². The van der Waals surface area contributed by atoms with Crippen LogP contribution in [-0.2, 0) is 7.59 Å². The van der Waals surface area contributed by atoms with E-state index >= 15 is 0 Å². The van der Waals surface area contributed by atoms with Gasteiger partial charge in [-0.25, -0.2) is 0 Å². The zero-order valence-electron chi connectivity index (χ0n) is 6.45. The number of hydrogen-bond donors (Lipinski definition) is 0. The van der Waals surface area contributed by atoms with Crippen molar-refractivity contribution in [3.63, 3.8) is 0 Å². The summed E-state index contributed by atoms with van der Waals surface area (Å²) in [6.45, 7) is 0. The van der Waals surface area contributed by atoms with Crippen LogP contribution in [0.5, 0.6) is 0 Å². The number of nitrogens with zero attached hydrogens (tertiary/aromatic N) is 1. The Morgan fingerprint density at radius 3 is 1.43 bits per heavy atom. The van der Waals surface area contributed by atoms with E-state index in [1.165, 1.54) is 18.5 Å². The Hall–Kier alpha value is 0.890. The van der Waals surface area contributed by atoms with Crippen LogP contribution in [0.25, 0.3) is 0 Å². The number of halogens is 6. The maximum absolute atomic E-state index is 5.64. The number of pyridine rings is 1. The maximum Gasteiger partial charge on any atom is 0.217 e. The third-order valence-corrected chi connectivity index (χ3v) is 2.70. The highest BCUT2D eigenvalue weighted by molar-refractivity contribution is 6.67. The van der Waals surface area contributed by atoms with Crippen LogP contribution in [0.3, 0.4) is 0 Å². The van der Waals surface area contributed by atoms with E-state index < -0.39 is 7.59 Å². The van der Waals surface area contributed by atoms with Gasteiger partial charge >= 0.3 is 0 Å². The predicted molar refractivity (Wildman–Crippen MR) is 62.7 cm³/mol. The Labute approximate surface area is 111 Å². The van der Waals surface area contributed by atoms with Crippen LogP contribution < -0.4 is 0 Å². The van der Waals surface area contributed by atoms with Crippen molar-refractivity contribution in [1.82, 2.24) is 4.98 Å². The molecule has 0 fully saturated rings. The molecule has 0 aliphatic heterocycles. The number of alkyl halides is 6. The normalized spacial score (nSPS) is 13.0. The summed E-state index contributed by atoms with van der Waals surface area (Å²) in [6.07, 6.45) is 2.79. The highest BCUT2D eigenvalue weighted by atomic mass is 35.6. The molecule has 0 spiro atoms. The lowest BCUT2D eigenvalue weighted by atomic mass is 10.2. The molecule has 78 valence electrons. The standard InChI is InChI=1S/C7H3Cl6N/c8-6(9,10)4-1-5(3-14-2-4)7(11,12)13/h1-3H. The van der Waals surface area contributed by atoms with Crippen molar-refractivity contribution in [2.45, 2.75) is 7.59 Å². The Morgan fingerprint density at radius 2 is 1.14 bits per heavy atom. The molecule has 0 bridgehead atoms. The highest BCUT2D eigenvalue weighted by Gasteiger charge is 2.28. The molecule has 0 saturated carbocycles. The molecule has 0 saturated heterocycles. The Morgan fingerprint density at radius 1 is 0.786 bits per heavy atom. The molecule has 0 aromatic carbocycles. The lowest BCUT2D eigenvalue weighted by molar-refractivity contribution is 1.10. The van der Waals surface area contributed by atoms with E-state index in [2.05, 4.69) is 4.98 Å². The summed E-state index contributed by atoms with van der Waals surface area (Å²) in [5, 5.41) is 0. The van der Waals surface area contributed by atoms with E-state index in [9.17, 15) is 0 Å². The van der Waals surface area contributed by atoms with Crippen LogP contribution in [0.1, 0.15) is 11.1 Å². The molecule has 7 heteroatoms. The van der Waals surface area contributed by atoms with Crippen molar-refractivity contribution in [2.75, 3.05) is 0 Å². The molecule has 0 atom stereocenters. The van der Waals surface area contributed by atoms with Crippen molar-refractivity contribution in [1.29, 1.82) is 0 Å². The van der Waals surface area contributed by atoms with Gasteiger partial charge in [-0.3, -0.25) is 4.98 Å². The average molecular weight is 314 g/mol. The average Bonchev–Trinajstić information content (AvgIpc) is 2.01. The SMILES string of the molecule is ClC(Cl)(Cl)c1cncc(C(Cl)(Cl)Cl)c1. The molecule has 1 heterocycles. The first-order valence-electron chi connectivity index (χ1n) is 3.30. The zero-order valence-corrected chi connectivity index (χ0v) is 11.0. The fraction of sp³-hybridized carbons (Fsp3) is 0.286. The first kappa shape index (κ1) is 13.0. The van der Waals surface area contributed by atoms with E-state index in [4.69, 9.17) is 69.6 Å². The first-order valence-corrected chi connectivity index (χ1v) is 5.57. The Balaban J connectivity index is 3.15. The highest BCUT2D eigenvalue weighted by Crippen LogP contribution is 2.42. The monoisotopic (exact) mass is 311 g/mol. The zero-order chi connectivity index (χ0) is 11.0. The lowest BCUT2D eigenvalue weighted by Crippen LogP contribution is -2.06. The summed E-state index contributed by atoms with van der Waals surface area (Å²) in [6, 6.07) is 1.48. The fourth-order valence-corrected chi connectivity index (χ4v) is 1.37. The minimum Gasteiger partial charge on any atom is -0.264 e. The van der Waals surface area contributed by atoms with E-state index in [0.717, 1.165) is 0 Å². The van der Waals surface area contributed by atoms with Gasteiger partial charge in [0.25, 0.3) is 0 Å². The lowest BCUT2D eigenvalue weighted by Gasteiger charge is -2.15. The second-order valence-electron chi connectivity index (χ2n) is 2.46. The smallest absolute Gasteiger partial charge is 0.217 e. The molecule has 0 aliphatic rings. The number of hydrogen-bond acceptors (Lipinski definition) is 1. The van der Waals surface area contributed by atoms with Gasteiger partial charge in [0.05, 0.1) is 0 Å². The van der Waals surface area contributed by atoms with Crippen LogP contribution in [0, 0.1) is 0 Å². The maximum atomic E-state index is 5.64. The summed E-state index contributed by atoms with van der Waals surface area (Å²) in [5.74, 6) is 0. The number of aromatic nitrogens is 1. The van der Waals surface area contributed by atoms with Crippen LogP contribution in [0.2, 0.25) is 0 Å². The third-order valence-electron chi connectivity index (χ3n) is 1.39. The quantitative estimate of drug-likeness (QED) is 0.631. The summed E-state index contributed by atoms with van der Waals surface area (Å²) >= 11 is 33.9. The van der Waals surface area contributed by atoms with E-state index in [1.807, 2.05) is 0 Å². The van der Waals surface area contributed by atoms with Crippen LogP contribution in [0.4, 0.5) is 0 Å². The molecular formula is C7H3Cl6N. The summed E-state index contributed by atoms with van der Waals surface area (Å²) in [5.41, 5.74) is 0.706. The number of rotatable bonds is 0. The van der Waals surface area contributed by atoms with E-state index in [-0.39, 0.29) is 0 Å². The molecule has 0 unspecified atom stereocenters. The van der Waals surface area contributed by atoms with Gasteiger partial charge in [0.1, 0.15) is 0 Å². The van der Waals surface area contributed by atoms with Crippen LogP contribution in [0.15, 0.2) is 18.5 Å². The van der Waals surface area contributed by atoms with Crippen molar-refractivity contribution < 1.29 is 0 Å². The van der Waals surface area contributed by atoms with Gasteiger partial charge in [-0.2, -0.15) is 0 Å². The molecule has 1 nitrogen and oxygen atoms in total. The predicted octanol–water partition coefficient (Wildman–Crippen LogP) is 4.74. The Bertz CT molecular complexity index is 296. The van der Waals surface area contributed by atoms with Gasteiger partial charge < -0.3 is 0 Å². The van der Waals surface area contributed by atoms with E-state index in [0.29, 0.717) is 11.1 Å².